The van der Waals surface area contributed by atoms with Crippen LogP contribution in [0, 0.1) is 0 Å². The maximum Gasteiger partial charge on any atom is 0.243 e. The molecule has 0 bridgehead atoms. The van der Waals surface area contributed by atoms with Crippen LogP contribution in [0.1, 0.15) is 31.9 Å². The Morgan fingerprint density at radius 3 is 2.50 bits per heavy atom. The van der Waals surface area contributed by atoms with Crippen molar-refractivity contribution in [3.05, 3.63) is 53.6 Å². The number of hydrogen-bond donors (Lipinski definition) is 1. The molecule has 8 nitrogen and oxygen atoms in total. The molecule has 0 saturated carbocycles. The van der Waals surface area contributed by atoms with E-state index >= 15 is 0 Å². The predicted octanol–water partition coefficient (Wildman–Crippen LogP) is 2.32. The van der Waals surface area contributed by atoms with E-state index in [4.69, 9.17) is 4.74 Å². The molecule has 0 unspecified atom stereocenters. The number of amides is 2. The number of nitrogens with zero attached hydrogens (tertiary/aromatic N) is 2. The van der Waals surface area contributed by atoms with Crippen LogP contribution >= 0.6 is 0 Å². The lowest BCUT2D eigenvalue weighted by atomic mass is 10.1. The van der Waals surface area contributed by atoms with E-state index in [9.17, 15) is 18.0 Å². The van der Waals surface area contributed by atoms with Crippen molar-refractivity contribution in [3.8, 4) is 5.75 Å². The van der Waals surface area contributed by atoms with Gasteiger partial charge >= 0.3 is 0 Å². The summed E-state index contributed by atoms with van der Waals surface area (Å²) < 4.78 is 32.4. The highest BCUT2D eigenvalue weighted by molar-refractivity contribution is 7.89. The summed E-state index contributed by atoms with van der Waals surface area (Å²) in [6.07, 6.45) is 0.250. The Morgan fingerprint density at radius 1 is 1.16 bits per heavy atom. The van der Waals surface area contributed by atoms with Gasteiger partial charge in [0.25, 0.3) is 0 Å². The van der Waals surface area contributed by atoms with Crippen LogP contribution in [-0.2, 0) is 32.6 Å². The van der Waals surface area contributed by atoms with Gasteiger partial charge < -0.3 is 10.1 Å². The molecule has 1 heterocycles. The number of hydrogen-bond acceptors (Lipinski definition) is 5. The Bertz CT molecular complexity index is 1110. The molecule has 0 saturated heterocycles. The molecule has 3 rings (SSSR count). The minimum Gasteiger partial charge on any atom is -0.497 e. The van der Waals surface area contributed by atoms with Gasteiger partial charge in [0.05, 0.1) is 12.0 Å². The molecule has 0 aromatic heterocycles. The normalized spacial score (nSPS) is 15.5. The molecule has 32 heavy (non-hydrogen) atoms. The fourth-order valence-corrected chi connectivity index (χ4v) is 5.50. The predicted molar refractivity (Wildman–Crippen MR) is 122 cm³/mol. The van der Waals surface area contributed by atoms with Crippen molar-refractivity contribution in [3.63, 3.8) is 0 Å². The van der Waals surface area contributed by atoms with Crippen molar-refractivity contribution in [1.29, 1.82) is 0 Å². The molecule has 1 aliphatic heterocycles. The molecule has 1 atom stereocenters. The number of anilines is 1. The summed E-state index contributed by atoms with van der Waals surface area (Å²) in [4.78, 5) is 26.9. The Kier molecular flexibility index (Phi) is 7.20. The second-order valence-electron chi connectivity index (χ2n) is 7.56. The lowest BCUT2D eigenvalue weighted by Gasteiger charge is -2.23. The molecule has 0 aliphatic carbocycles. The van der Waals surface area contributed by atoms with E-state index in [1.807, 2.05) is 24.3 Å². The van der Waals surface area contributed by atoms with Crippen LogP contribution in [0.4, 0.5) is 5.69 Å². The van der Waals surface area contributed by atoms with Gasteiger partial charge in [-0.15, -0.1) is 0 Å². The zero-order valence-corrected chi connectivity index (χ0v) is 19.6. The Hall–Kier alpha value is -2.91. The quantitative estimate of drug-likeness (QED) is 0.654. The number of methoxy groups -OCH3 is 1. The van der Waals surface area contributed by atoms with Gasteiger partial charge in [0.15, 0.2) is 0 Å². The highest BCUT2D eigenvalue weighted by Gasteiger charge is 2.37. The van der Waals surface area contributed by atoms with E-state index in [-0.39, 0.29) is 29.7 Å². The maximum atomic E-state index is 13.0. The second kappa shape index (κ2) is 9.70. The first-order valence-electron chi connectivity index (χ1n) is 10.6. The van der Waals surface area contributed by atoms with Gasteiger partial charge in [0.2, 0.25) is 21.8 Å². The lowest BCUT2D eigenvalue weighted by molar-refractivity contribution is -0.125. The first-order chi connectivity index (χ1) is 15.2. The Balaban J connectivity index is 1.83. The third-order valence-corrected chi connectivity index (χ3v) is 7.67. The fourth-order valence-electron chi connectivity index (χ4n) is 3.99. The Morgan fingerprint density at radius 2 is 1.88 bits per heavy atom. The van der Waals surface area contributed by atoms with Gasteiger partial charge in [-0.1, -0.05) is 26.0 Å². The lowest BCUT2D eigenvalue weighted by Crippen LogP contribution is -2.47. The highest BCUT2D eigenvalue weighted by atomic mass is 32.2. The average molecular weight is 460 g/mol. The second-order valence-corrected chi connectivity index (χ2v) is 9.50. The van der Waals surface area contributed by atoms with Gasteiger partial charge in [-0.3, -0.25) is 14.5 Å². The summed E-state index contributed by atoms with van der Waals surface area (Å²) in [5.74, 6) is 0.120. The monoisotopic (exact) mass is 459 g/mol. The van der Waals surface area contributed by atoms with Gasteiger partial charge in [-0.25, -0.2) is 8.42 Å². The first-order valence-corrected chi connectivity index (χ1v) is 12.0. The van der Waals surface area contributed by atoms with Gasteiger partial charge in [-0.2, -0.15) is 4.31 Å². The summed E-state index contributed by atoms with van der Waals surface area (Å²) in [6.45, 7) is 5.99. The number of benzene rings is 2. The van der Waals surface area contributed by atoms with E-state index in [0.29, 0.717) is 30.1 Å². The summed E-state index contributed by atoms with van der Waals surface area (Å²) in [6, 6.07) is 11.3. The van der Waals surface area contributed by atoms with Crippen LogP contribution in [0.15, 0.2) is 47.4 Å². The van der Waals surface area contributed by atoms with Crippen molar-refractivity contribution in [2.75, 3.05) is 25.1 Å². The van der Waals surface area contributed by atoms with Crippen LogP contribution in [0.2, 0.25) is 0 Å². The van der Waals surface area contributed by atoms with E-state index in [1.165, 1.54) is 22.2 Å². The number of carbonyl (C=O) groups is 2. The van der Waals surface area contributed by atoms with Crippen LogP contribution in [0.5, 0.6) is 5.75 Å². The average Bonchev–Trinajstić information content (AvgIpc) is 3.17. The zero-order chi connectivity index (χ0) is 23.5. The molecule has 9 heteroatoms. The largest absolute Gasteiger partial charge is 0.497 e. The number of ether oxygens (including phenoxy) is 1. The molecule has 2 aromatic rings. The number of rotatable bonds is 8. The highest BCUT2D eigenvalue weighted by Crippen LogP contribution is 2.35. The van der Waals surface area contributed by atoms with E-state index in [0.717, 1.165) is 5.56 Å². The molecular formula is C23H29N3O5S. The van der Waals surface area contributed by atoms with Gasteiger partial charge in [0.1, 0.15) is 11.8 Å². The molecule has 0 radical (unpaired) electrons. The van der Waals surface area contributed by atoms with Crippen molar-refractivity contribution >= 4 is 27.5 Å². The Labute approximate surface area is 189 Å². The standard InChI is InChI=1S/C23H29N3O5S/c1-5-25(6-2)32(29,30)20-10-11-21-18(13-20)14-22(26(21)16(3)27)23(28)24-15-17-8-7-9-19(12-17)31-4/h7-13,22H,5-6,14-15H2,1-4H3,(H,24,28)/t22-/m0/s1. The van der Waals surface area contributed by atoms with Crippen molar-refractivity contribution < 1.29 is 22.7 Å². The summed E-state index contributed by atoms with van der Waals surface area (Å²) in [5.41, 5.74) is 2.10. The van der Waals surface area contributed by atoms with Crippen LogP contribution < -0.4 is 15.0 Å². The van der Waals surface area contributed by atoms with Crippen molar-refractivity contribution in [2.24, 2.45) is 0 Å². The van der Waals surface area contributed by atoms with Gasteiger partial charge in [-0.05, 0) is 41.5 Å². The van der Waals surface area contributed by atoms with Crippen molar-refractivity contribution in [1.82, 2.24) is 9.62 Å². The third-order valence-electron chi connectivity index (χ3n) is 5.62. The summed E-state index contributed by atoms with van der Waals surface area (Å²) >= 11 is 0. The smallest absolute Gasteiger partial charge is 0.243 e. The van der Waals surface area contributed by atoms with Gasteiger partial charge in [0, 0.05) is 38.7 Å². The zero-order valence-electron chi connectivity index (χ0n) is 18.8. The number of nitrogens with one attached hydrogen (secondary N) is 1. The van der Waals surface area contributed by atoms with E-state index in [2.05, 4.69) is 5.32 Å². The summed E-state index contributed by atoms with van der Waals surface area (Å²) in [7, 11) is -2.06. The molecule has 1 aliphatic rings. The minimum atomic E-state index is -3.63. The molecule has 2 amide bonds. The third kappa shape index (κ3) is 4.63. The molecule has 1 N–H and O–H groups in total. The molecule has 172 valence electrons. The maximum absolute atomic E-state index is 13.0. The van der Waals surface area contributed by atoms with E-state index in [1.54, 1.807) is 33.1 Å². The van der Waals surface area contributed by atoms with Crippen molar-refractivity contribution in [2.45, 2.75) is 44.7 Å². The molecule has 0 fully saturated rings. The number of carbonyl (C=O) groups excluding carboxylic acids is 2. The molecule has 0 spiro atoms. The van der Waals surface area contributed by atoms with E-state index < -0.39 is 16.1 Å². The number of sulfonamides is 1. The van der Waals surface area contributed by atoms with Crippen LogP contribution in [0.25, 0.3) is 0 Å². The number of fused-ring (bicyclic) bond motifs is 1. The van der Waals surface area contributed by atoms with Crippen LogP contribution in [-0.4, -0.2) is 50.8 Å². The first kappa shape index (κ1) is 23.7. The molecular weight excluding hydrogens is 430 g/mol. The fraction of sp³-hybridized carbons (Fsp3) is 0.391. The summed E-state index contributed by atoms with van der Waals surface area (Å²) in [5, 5.41) is 2.88. The molecule has 2 aromatic carbocycles. The minimum absolute atomic E-state index is 0.167. The topological polar surface area (TPSA) is 96.0 Å². The SMILES string of the molecule is CCN(CC)S(=O)(=O)c1ccc2c(c1)C[C@@H](C(=O)NCc1cccc(OC)c1)N2C(C)=O. The van der Waals surface area contributed by atoms with Crippen LogP contribution in [0.3, 0.4) is 0 Å².